The lowest BCUT2D eigenvalue weighted by molar-refractivity contribution is -0.122. The van der Waals surface area contributed by atoms with Crippen molar-refractivity contribution in [2.75, 3.05) is 13.2 Å². The Morgan fingerprint density at radius 2 is 2.09 bits per heavy atom. The van der Waals surface area contributed by atoms with Crippen molar-refractivity contribution in [2.45, 2.75) is 36.8 Å². The third-order valence-corrected chi connectivity index (χ3v) is 5.46. The molecule has 22 heavy (non-hydrogen) atoms. The first-order chi connectivity index (χ1) is 10.4. The molecule has 1 aromatic carbocycles. The summed E-state index contributed by atoms with van der Waals surface area (Å²) in [4.78, 5) is 12.1. The summed E-state index contributed by atoms with van der Waals surface area (Å²) in [6.07, 6.45) is 1.94. The number of hydrogen-bond donors (Lipinski definition) is 2. The summed E-state index contributed by atoms with van der Waals surface area (Å²) in [7, 11) is -3.72. The van der Waals surface area contributed by atoms with Crippen LogP contribution < -0.4 is 10.0 Å². The molecule has 0 unspecified atom stereocenters. The van der Waals surface area contributed by atoms with E-state index in [1.54, 1.807) is 12.1 Å². The highest BCUT2D eigenvalue weighted by Crippen LogP contribution is 2.15. The van der Waals surface area contributed by atoms with Crippen LogP contribution in [0.4, 0.5) is 0 Å². The zero-order valence-electron chi connectivity index (χ0n) is 12.2. The SMILES string of the molecule is C[C@H](NS(=O)(=O)c1ccc(Br)cc1)C(=O)NC[C@@H]1CCCO1. The van der Waals surface area contributed by atoms with Crippen molar-refractivity contribution in [3.8, 4) is 0 Å². The number of rotatable bonds is 6. The van der Waals surface area contributed by atoms with E-state index in [1.807, 2.05) is 0 Å². The number of halogens is 1. The molecule has 1 saturated heterocycles. The number of carbonyl (C=O) groups excluding carboxylic acids is 1. The number of carbonyl (C=O) groups is 1. The molecule has 1 fully saturated rings. The molecule has 0 saturated carbocycles. The second kappa shape index (κ2) is 7.54. The summed E-state index contributed by atoms with van der Waals surface area (Å²) in [6, 6.07) is 5.37. The van der Waals surface area contributed by atoms with Crippen LogP contribution in [-0.2, 0) is 19.6 Å². The maximum Gasteiger partial charge on any atom is 0.241 e. The van der Waals surface area contributed by atoms with E-state index in [9.17, 15) is 13.2 Å². The van der Waals surface area contributed by atoms with Crippen molar-refractivity contribution >= 4 is 31.9 Å². The van der Waals surface area contributed by atoms with Crippen LogP contribution in [0, 0.1) is 0 Å². The molecule has 2 rings (SSSR count). The molecular formula is C14H19BrN2O4S. The van der Waals surface area contributed by atoms with Crippen LogP contribution >= 0.6 is 15.9 Å². The van der Waals surface area contributed by atoms with Gasteiger partial charge in [0.15, 0.2) is 0 Å². The predicted molar refractivity (Wildman–Crippen MR) is 85.9 cm³/mol. The van der Waals surface area contributed by atoms with E-state index in [-0.39, 0.29) is 16.9 Å². The number of amides is 1. The Morgan fingerprint density at radius 1 is 1.41 bits per heavy atom. The van der Waals surface area contributed by atoms with E-state index in [0.717, 1.165) is 17.3 Å². The third kappa shape index (κ3) is 4.77. The lowest BCUT2D eigenvalue weighted by atomic mass is 10.2. The van der Waals surface area contributed by atoms with Gasteiger partial charge in [-0.1, -0.05) is 15.9 Å². The molecule has 0 bridgehead atoms. The molecule has 6 nitrogen and oxygen atoms in total. The summed E-state index contributed by atoms with van der Waals surface area (Å²) in [5.74, 6) is -0.365. The van der Waals surface area contributed by atoms with Gasteiger partial charge in [0, 0.05) is 17.6 Å². The molecule has 0 aliphatic carbocycles. The van der Waals surface area contributed by atoms with E-state index in [1.165, 1.54) is 19.1 Å². The monoisotopic (exact) mass is 390 g/mol. The topological polar surface area (TPSA) is 84.5 Å². The van der Waals surface area contributed by atoms with Crippen LogP contribution in [-0.4, -0.2) is 39.6 Å². The van der Waals surface area contributed by atoms with Gasteiger partial charge in [0.05, 0.1) is 17.0 Å². The Hall–Kier alpha value is -0.960. The van der Waals surface area contributed by atoms with Gasteiger partial charge in [-0.05, 0) is 44.0 Å². The lowest BCUT2D eigenvalue weighted by Gasteiger charge is -2.16. The fourth-order valence-electron chi connectivity index (χ4n) is 2.14. The summed E-state index contributed by atoms with van der Waals surface area (Å²) in [5, 5.41) is 2.71. The molecule has 0 radical (unpaired) electrons. The first-order valence-corrected chi connectivity index (χ1v) is 9.33. The summed E-state index contributed by atoms with van der Waals surface area (Å²) < 4.78 is 32.9. The van der Waals surface area contributed by atoms with Gasteiger partial charge in [0.2, 0.25) is 15.9 Å². The number of nitrogens with one attached hydrogen (secondary N) is 2. The summed E-state index contributed by atoms with van der Waals surface area (Å²) >= 11 is 3.25. The van der Waals surface area contributed by atoms with Crippen LogP contribution in [0.5, 0.6) is 0 Å². The van der Waals surface area contributed by atoms with Crippen molar-refractivity contribution in [3.05, 3.63) is 28.7 Å². The van der Waals surface area contributed by atoms with E-state index in [0.29, 0.717) is 13.2 Å². The predicted octanol–water partition coefficient (Wildman–Crippen LogP) is 1.41. The Bertz CT molecular complexity index is 612. The van der Waals surface area contributed by atoms with Crippen LogP contribution in [0.3, 0.4) is 0 Å². The largest absolute Gasteiger partial charge is 0.376 e. The quantitative estimate of drug-likeness (QED) is 0.768. The number of ether oxygens (including phenoxy) is 1. The van der Waals surface area contributed by atoms with Gasteiger partial charge in [-0.25, -0.2) is 8.42 Å². The Morgan fingerprint density at radius 3 is 2.68 bits per heavy atom. The van der Waals surface area contributed by atoms with Crippen molar-refractivity contribution < 1.29 is 17.9 Å². The number of benzene rings is 1. The van der Waals surface area contributed by atoms with Crippen molar-refractivity contribution in [1.29, 1.82) is 0 Å². The highest BCUT2D eigenvalue weighted by molar-refractivity contribution is 9.10. The molecular weight excluding hydrogens is 372 g/mol. The minimum Gasteiger partial charge on any atom is -0.376 e. The normalized spacial score (nSPS) is 19.8. The standard InChI is InChI=1S/C14H19BrN2O4S/c1-10(14(18)16-9-12-3-2-8-21-12)17-22(19,20)13-6-4-11(15)5-7-13/h4-7,10,12,17H,2-3,8-9H2,1H3,(H,16,18)/t10-,12-/m0/s1. The molecule has 1 aromatic rings. The molecule has 0 spiro atoms. The molecule has 8 heteroatoms. The van der Waals surface area contributed by atoms with Gasteiger partial charge in [-0.3, -0.25) is 4.79 Å². The third-order valence-electron chi connectivity index (χ3n) is 3.38. The molecule has 1 aliphatic rings. The van der Waals surface area contributed by atoms with Crippen LogP contribution in [0.2, 0.25) is 0 Å². The highest BCUT2D eigenvalue weighted by atomic mass is 79.9. The molecule has 1 aliphatic heterocycles. The van der Waals surface area contributed by atoms with Crippen molar-refractivity contribution in [1.82, 2.24) is 10.0 Å². The van der Waals surface area contributed by atoms with Crippen molar-refractivity contribution in [3.63, 3.8) is 0 Å². The minimum absolute atomic E-state index is 0.0271. The molecule has 1 amide bonds. The second-order valence-electron chi connectivity index (χ2n) is 5.18. The molecule has 0 aromatic heterocycles. The number of hydrogen-bond acceptors (Lipinski definition) is 4. The summed E-state index contributed by atoms with van der Waals surface area (Å²) in [6.45, 7) is 2.64. The molecule has 2 atom stereocenters. The van der Waals surface area contributed by atoms with Crippen LogP contribution in [0.25, 0.3) is 0 Å². The van der Waals surface area contributed by atoms with Gasteiger partial charge < -0.3 is 10.1 Å². The Labute approximate surface area is 138 Å². The minimum atomic E-state index is -3.72. The first-order valence-electron chi connectivity index (χ1n) is 7.06. The fourth-order valence-corrected chi connectivity index (χ4v) is 3.61. The number of sulfonamides is 1. The highest BCUT2D eigenvalue weighted by Gasteiger charge is 2.23. The van der Waals surface area contributed by atoms with E-state index >= 15 is 0 Å². The fraction of sp³-hybridized carbons (Fsp3) is 0.500. The van der Waals surface area contributed by atoms with E-state index in [2.05, 4.69) is 26.0 Å². The average Bonchev–Trinajstić information content (AvgIpc) is 2.98. The van der Waals surface area contributed by atoms with Crippen LogP contribution in [0.1, 0.15) is 19.8 Å². The average molecular weight is 391 g/mol. The van der Waals surface area contributed by atoms with E-state index < -0.39 is 16.1 Å². The smallest absolute Gasteiger partial charge is 0.241 e. The van der Waals surface area contributed by atoms with E-state index in [4.69, 9.17) is 4.74 Å². The van der Waals surface area contributed by atoms with Gasteiger partial charge in [0.25, 0.3) is 0 Å². The first kappa shape index (κ1) is 17.4. The maximum absolute atomic E-state index is 12.2. The van der Waals surface area contributed by atoms with Crippen LogP contribution in [0.15, 0.2) is 33.6 Å². The van der Waals surface area contributed by atoms with Gasteiger partial charge >= 0.3 is 0 Å². The Balaban J connectivity index is 1.90. The van der Waals surface area contributed by atoms with Gasteiger partial charge in [-0.2, -0.15) is 4.72 Å². The zero-order chi connectivity index (χ0) is 16.2. The zero-order valence-corrected chi connectivity index (χ0v) is 14.6. The molecule has 2 N–H and O–H groups in total. The maximum atomic E-state index is 12.2. The molecule has 122 valence electrons. The van der Waals surface area contributed by atoms with Gasteiger partial charge in [0.1, 0.15) is 0 Å². The second-order valence-corrected chi connectivity index (χ2v) is 7.81. The Kier molecular flexibility index (Phi) is 5.96. The molecule has 1 heterocycles. The lowest BCUT2D eigenvalue weighted by Crippen LogP contribution is -2.46. The van der Waals surface area contributed by atoms with Gasteiger partial charge in [-0.15, -0.1) is 0 Å². The van der Waals surface area contributed by atoms with Crippen molar-refractivity contribution in [2.24, 2.45) is 0 Å². The summed E-state index contributed by atoms with van der Waals surface area (Å²) in [5.41, 5.74) is 0.